The molecule has 4 aliphatic rings. The Morgan fingerprint density at radius 1 is 1.12 bits per heavy atom. The highest BCUT2D eigenvalue weighted by Crippen LogP contribution is 2.66. The molecule has 140 valence electrons. The van der Waals surface area contributed by atoms with Crippen molar-refractivity contribution in [3.63, 3.8) is 0 Å². The molecule has 0 aromatic rings. The molecular weight excluding hydrogens is 308 g/mol. The van der Waals surface area contributed by atoms with Gasteiger partial charge in [0.05, 0.1) is 0 Å². The van der Waals surface area contributed by atoms with Gasteiger partial charge in [0, 0.05) is 11.8 Å². The maximum absolute atomic E-state index is 11.9. The second-order valence-electron chi connectivity index (χ2n) is 10.1. The summed E-state index contributed by atoms with van der Waals surface area (Å²) in [5.41, 5.74) is 2.37. The van der Waals surface area contributed by atoms with Crippen molar-refractivity contribution in [3.8, 4) is 0 Å². The highest BCUT2D eigenvalue weighted by molar-refractivity contribution is 5.69. The highest BCUT2D eigenvalue weighted by atomic mass is 16.5. The monoisotopic (exact) mass is 344 g/mol. The number of hydrogen-bond acceptors (Lipinski definition) is 2. The Morgan fingerprint density at radius 2 is 1.88 bits per heavy atom. The molecule has 4 rings (SSSR count). The third kappa shape index (κ3) is 2.61. The van der Waals surface area contributed by atoms with Crippen molar-refractivity contribution < 1.29 is 9.53 Å². The molecule has 0 aliphatic heterocycles. The Bertz CT molecular complexity index is 579. The smallest absolute Gasteiger partial charge is 0.305 e. The molecule has 2 heteroatoms. The van der Waals surface area contributed by atoms with E-state index in [1.807, 2.05) is 6.92 Å². The molecule has 0 aromatic heterocycles. The number of allylic oxidation sites excluding steroid dienone is 2. The lowest BCUT2D eigenvalue weighted by Gasteiger charge is -2.60. The number of hydrogen-bond donors (Lipinski definition) is 0. The van der Waals surface area contributed by atoms with Crippen LogP contribution in [0.1, 0.15) is 85.5 Å². The van der Waals surface area contributed by atoms with E-state index in [9.17, 15) is 4.79 Å². The van der Waals surface area contributed by atoms with E-state index in [1.165, 1.54) is 44.9 Å². The summed E-state index contributed by atoms with van der Waals surface area (Å²) >= 11 is 0. The Kier molecular flexibility index (Phi) is 4.32. The van der Waals surface area contributed by atoms with Crippen LogP contribution in [-0.4, -0.2) is 12.1 Å². The summed E-state index contributed by atoms with van der Waals surface area (Å²) in [6.45, 7) is 9.30. The largest absolute Gasteiger partial charge is 0.462 e. The number of carbonyl (C=O) groups excluding carboxylic acids is 1. The van der Waals surface area contributed by atoms with Gasteiger partial charge in [-0.1, -0.05) is 32.4 Å². The van der Waals surface area contributed by atoms with E-state index in [4.69, 9.17) is 4.74 Å². The average molecular weight is 345 g/mol. The maximum Gasteiger partial charge on any atom is 0.305 e. The summed E-state index contributed by atoms with van der Waals surface area (Å²) in [6.07, 6.45) is 13.6. The lowest BCUT2D eigenvalue weighted by molar-refractivity contribution is -0.162. The van der Waals surface area contributed by atoms with Crippen molar-refractivity contribution in [2.24, 2.45) is 34.5 Å². The number of fused-ring (bicyclic) bond motifs is 5. The van der Waals surface area contributed by atoms with Gasteiger partial charge in [-0.05, 0) is 87.4 Å². The van der Waals surface area contributed by atoms with Gasteiger partial charge in [0.1, 0.15) is 6.10 Å². The van der Waals surface area contributed by atoms with Gasteiger partial charge < -0.3 is 4.74 Å². The van der Waals surface area contributed by atoms with Gasteiger partial charge in [-0.3, -0.25) is 4.79 Å². The molecule has 2 nitrogen and oxygen atoms in total. The topological polar surface area (TPSA) is 26.3 Å². The second kappa shape index (κ2) is 6.13. The number of rotatable bonds is 2. The summed E-state index contributed by atoms with van der Waals surface area (Å²) in [5.74, 6) is 3.41. The SMILES string of the molecule is CCC(=O)O[C@H]1CC[C@H]2[C@@H]3CC[C@H]4CC=C(C)C[C@]4(C)[C@H]3CC[C@]12C. The predicted molar refractivity (Wildman–Crippen MR) is 101 cm³/mol. The zero-order chi connectivity index (χ0) is 17.8. The lowest BCUT2D eigenvalue weighted by atomic mass is 9.45. The molecule has 3 fully saturated rings. The van der Waals surface area contributed by atoms with E-state index in [-0.39, 0.29) is 17.5 Å². The van der Waals surface area contributed by atoms with E-state index in [0.29, 0.717) is 11.8 Å². The van der Waals surface area contributed by atoms with Crippen LogP contribution < -0.4 is 0 Å². The first kappa shape index (κ1) is 17.6. The zero-order valence-electron chi connectivity index (χ0n) is 16.6. The first-order valence-electron chi connectivity index (χ1n) is 10.7. The molecule has 0 bridgehead atoms. The zero-order valence-corrected chi connectivity index (χ0v) is 16.6. The Hall–Kier alpha value is -0.790. The minimum absolute atomic E-state index is 0.00212. The van der Waals surface area contributed by atoms with Gasteiger partial charge in [0.15, 0.2) is 0 Å². The summed E-state index contributed by atoms with van der Waals surface area (Å²) < 4.78 is 5.91. The highest BCUT2D eigenvalue weighted by Gasteiger charge is 2.60. The van der Waals surface area contributed by atoms with Crippen LogP contribution in [0.3, 0.4) is 0 Å². The Labute approximate surface area is 153 Å². The van der Waals surface area contributed by atoms with E-state index < -0.39 is 0 Å². The van der Waals surface area contributed by atoms with Crippen LogP contribution in [-0.2, 0) is 9.53 Å². The molecule has 0 radical (unpaired) electrons. The summed E-state index contributed by atoms with van der Waals surface area (Å²) in [7, 11) is 0. The van der Waals surface area contributed by atoms with Crippen LogP contribution in [0, 0.1) is 34.5 Å². The van der Waals surface area contributed by atoms with Crippen LogP contribution in [0.25, 0.3) is 0 Å². The first-order valence-corrected chi connectivity index (χ1v) is 10.7. The summed E-state index contributed by atoms with van der Waals surface area (Å²) in [4.78, 5) is 11.9. The van der Waals surface area contributed by atoms with E-state index in [0.717, 1.165) is 30.1 Å². The third-order valence-electron chi connectivity index (χ3n) is 8.95. The molecule has 4 aliphatic carbocycles. The minimum atomic E-state index is -0.00212. The van der Waals surface area contributed by atoms with Crippen molar-refractivity contribution in [1.29, 1.82) is 0 Å². The minimum Gasteiger partial charge on any atom is -0.462 e. The van der Waals surface area contributed by atoms with Gasteiger partial charge in [-0.2, -0.15) is 0 Å². The van der Waals surface area contributed by atoms with Crippen LogP contribution in [0.4, 0.5) is 0 Å². The fourth-order valence-electron chi connectivity index (χ4n) is 7.60. The standard InChI is InChI=1S/C23H36O2/c1-5-21(24)25-20-11-10-18-17-9-8-16-7-6-15(2)14-23(16,4)19(17)12-13-22(18,20)3/h6,16-20H,5,7-14H2,1-4H3/t16-,17+,18+,19+,20+,22+,23+/m1/s1. The normalized spacial score (nSPS) is 48.8. The summed E-state index contributed by atoms with van der Waals surface area (Å²) in [5, 5.41) is 0. The Balaban J connectivity index is 1.58. The molecule has 0 spiro atoms. The van der Waals surface area contributed by atoms with Gasteiger partial charge in [-0.25, -0.2) is 0 Å². The fraction of sp³-hybridized carbons (Fsp3) is 0.870. The molecule has 0 N–H and O–H groups in total. The quantitative estimate of drug-likeness (QED) is 0.460. The van der Waals surface area contributed by atoms with Crippen LogP contribution >= 0.6 is 0 Å². The molecule has 25 heavy (non-hydrogen) atoms. The molecule has 3 saturated carbocycles. The summed E-state index contributed by atoms with van der Waals surface area (Å²) in [6, 6.07) is 0. The maximum atomic E-state index is 11.9. The lowest BCUT2D eigenvalue weighted by Crippen LogP contribution is -2.53. The number of esters is 1. The third-order valence-corrected chi connectivity index (χ3v) is 8.95. The second-order valence-corrected chi connectivity index (χ2v) is 10.1. The molecular formula is C23H36O2. The van der Waals surface area contributed by atoms with E-state index >= 15 is 0 Å². The van der Waals surface area contributed by atoms with Gasteiger partial charge in [0.2, 0.25) is 0 Å². The van der Waals surface area contributed by atoms with E-state index in [2.05, 4.69) is 26.8 Å². The fourth-order valence-corrected chi connectivity index (χ4v) is 7.60. The predicted octanol–water partition coefficient (Wildman–Crippen LogP) is 5.91. The van der Waals surface area contributed by atoms with Crippen molar-refractivity contribution >= 4 is 5.97 Å². The van der Waals surface area contributed by atoms with Crippen LogP contribution in [0.2, 0.25) is 0 Å². The number of carbonyl (C=O) groups is 1. The van der Waals surface area contributed by atoms with Crippen molar-refractivity contribution in [1.82, 2.24) is 0 Å². The van der Waals surface area contributed by atoms with Gasteiger partial charge in [-0.15, -0.1) is 0 Å². The van der Waals surface area contributed by atoms with Crippen molar-refractivity contribution in [2.75, 3.05) is 0 Å². The average Bonchev–Trinajstić information content (AvgIpc) is 2.90. The van der Waals surface area contributed by atoms with Crippen LogP contribution in [0.15, 0.2) is 11.6 Å². The number of ether oxygens (including phenoxy) is 1. The van der Waals surface area contributed by atoms with Gasteiger partial charge in [0.25, 0.3) is 0 Å². The molecule has 0 unspecified atom stereocenters. The molecule has 0 amide bonds. The van der Waals surface area contributed by atoms with Crippen molar-refractivity contribution in [2.45, 2.75) is 91.6 Å². The Morgan fingerprint density at radius 3 is 2.64 bits per heavy atom. The van der Waals surface area contributed by atoms with Crippen molar-refractivity contribution in [3.05, 3.63) is 11.6 Å². The molecule has 0 saturated heterocycles. The van der Waals surface area contributed by atoms with Crippen LogP contribution in [0.5, 0.6) is 0 Å². The first-order chi connectivity index (χ1) is 11.9. The molecule has 0 heterocycles. The molecule has 7 atom stereocenters. The molecule has 0 aromatic carbocycles. The van der Waals surface area contributed by atoms with Gasteiger partial charge >= 0.3 is 5.97 Å². The van der Waals surface area contributed by atoms with E-state index in [1.54, 1.807) is 5.57 Å².